The zero-order chi connectivity index (χ0) is 31.3. The first-order chi connectivity index (χ1) is 20.3. The summed E-state index contributed by atoms with van der Waals surface area (Å²) in [5.74, 6) is -3.51. The smallest absolute Gasteiger partial charge is 0.239 e. The number of aliphatic hydroxyl groups excluding tert-OH is 7. The number of rotatable bonds is 6. The maximum atomic E-state index is 13.9. The highest BCUT2D eigenvalue weighted by molar-refractivity contribution is 5.93. The van der Waals surface area contributed by atoms with Gasteiger partial charge in [0.05, 0.1) is 12.7 Å². The Morgan fingerprint density at radius 2 is 1.33 bits per heavy atom. The molecule has 10 N–H and O–H groups in total. The van der Waals surface area contributed by atoms with E-state index in [4.69, 9.17) is 23.4 Å². The van der Waals surface area contributed by atoms with Crippen LogP contribution in [0.2, 0.25) is 0 Å². The van der Waals surface area contributed by atoms with Crippen molar-refractivity contribution in [2.45, 2.75) is 68.3 Å². The van der Waals surface area contributed by atoms with Gasteiger partial charge in [0, 0.05) is 11.6 Å². The van der Waals surface area contributed by atoms with Gasteiger partial charge in [-0.3, -0.25) is 4.79 Å². The summed E-state index contributed by atoms with van der Waals surface area (Å²) in [4.78, 5) is 13.9. The molecule has 3 heterocycles. The van der Waals surface area contributed by atoms with Gasteiger partial charge in [0.25, 0.3) is 0 Å². The van der Waals surface area contributed by atoms with Crippen LogP contribution in [0.4, 0.5) is 0 Å². The number of aromatic hydroxyl groups is 3. The van der Waals surface area contributed by atoms with Crippen molar-refractivity contribution in [3.8, 4) is 40.1 Å². The van der Waals surface area contributed by atoms with Gasteiger partial charge in [-0.15, -0.1) is 0 Å². The highest BCUT2D eigenvalue weighted by Crippen LogP contribution is 2.44. The van der Waals surface area contributed by atoms with Gasteiger partial charge in [0.1, 0.15) is 59.6 Å². The topological polar surface area (TPSA) is 269 Å². The second-order valence-corrected chi connectivity index (χ2v) is 10.2. The third kappa shape index (κ3) is 5.44. The van der Waals surface area contributed by atoms with Crippen LogP contribution in [0.3, 0.4) is 0 Å². The fourth-order valence-electron chi connectivity index (χ4n) is 4.83. The third-order valence-electron chi connectivity index (χ3n) is 7.29. The summed E-state index contributed by atoms with van der Waals surface area (Å²) in [5, 5.41) is 101. The summed E-state index contributed by atoms with van der Waals surface area (Å²) in [6, 6.07) is 5.81. The van der Waals surface area contributed by atoms with Crippen LogP contribution in [0.25, 0.3) is 22.3 Å². The summed E-state index contributed by atoms with van der Waals surface area (Å²) in [7, 11) is 0. The largest absolute Gasteiger partial charge is 0.508 e. The van der Waals surface area contributed by atoms with E-state index in [-0.39, 0.29) is 11.3 Å². The van der Waals surface area contributed by atoms with Gasteiger partial charge >= 0.3 is 0 Å². The first kappa shape index (κ1) is 30.7. The van der Waals surface area contributed by atoms with E-state index >= 15 is 0 Å². The van der Waals surface area contributed by atoms with E-state index in [1.165, 1.54) is 31.2 Å². The number of benzene rings is 2. The Morgan fingerprint density at radius 3 is 1.95 bits per heavy atom. The molecule has 2 aromatic carbocycles. The van der Waals surface area contributed by atoms with E-state index < -0.39 is 113 Å². The van der Waals surface area contributed by atoms with Crippen LogP contribution in [0, 0.1) is 0 Å². The number of phenols is 3. The number of hydrogen-bond acceptors (Lipinski definition) is 16. The second-order valence-electron chi connectivity index (χ2n) is 10.2. The number of ether oxygens (including phenoxy) is 4. The quantitative estimate of drug-likeness (QED) is 0.144. The number of phenolic OH excluding ortho intramolecular Hbond substituents is 3. The Kier molecular flexibility index (Phi) is 8.41. The van der Waals surface area contributed by atoms with Gasteiger partial charge in [-0.05, 0) is 31.2 Å². The third-order valence-corrected chi connectivity index (χ3v) is 7.29. The summed E-state index contributed by atoms with van der Waals surface area (Å²) in [6.45, 7) is 0.602. The summed E-state index contributed by atoms with van der Waals surface area (Å²) in [6.07, 6.45) is -16.5. The fraction of sp³-hybridized carbons (Fsp3) is 0.444. The van der Waals surface area contributed by atoms with Crippen molar-refractivity contribution in [3.63, 3.8) is 0 Å². The molecular weight excluding hydrogens is 580 g/mol. The van der Waals surface area contributed by atoms with Crippen LogP contribution in [-0.2, 0) is 9.47 Å². The molecule has 2 aliphatic rings. The lowest BCUT2D eigenvalue weighted by Crippen LogP contribution is -2.60. The summed E-state index contributed by atoms with van der Waals surface area (Å²) >= 11 is 0. The first-order valence-electron chi connectivity index (χ1n) is 13.0. The molecule has 43 heavy (non-hydrogen) atoms. The lowest BCUT2D eigenvalue weighted by atomic mass is 9.99. The Hall–Kier alpha value is -3.71. The van der Waals surface area contributed by atoms with Gasteiger partial charge in [0.15, 0.2) is 17.1 Å². The lowest BCUT2D eigenvalue weighted by Gasteiger charge is -2.39. The molecule has 0 saturated carbocycles. The van der Waals surface area contributed by atoms with Crippen LogP contribution in [0.5, 0.6) is 28.7 Å². The normalized spacial score (nSPS) is 32.9. The molecule has 2 saturated heterocycles. The molecule has 2 fully saturated rings. The first-order valence-corrected chi connectivity index (χ1v) is 13.0. The van der Waals surface area contributed by atoms with Crippen molar-refractivity contribution in [2.75, 3.05) is 6.61 Å². The molecule has 2 aliphatic heterocycles. The maximum absolute atomic E-state index is 13.9. The molecule has 5 rings (SSSR count). The Balaban J connectivity index is 1.67. The van der Waals surface area contributed by atoms with Gasteiger partial charge in [0.2, 0.25) is 29.5 Å². The predicted molar refractivity (Wildman–Crippen MR) is 140 cm³/mol. The minimum atomic E-state index is -1.92. The molecule has 0 amide bonds. The lowest BCUT2D eigenvalue weighted by molar-refractivity contribution is -0.277. The van der Waals surface area contributed by atoms with Crippen molar-refractivity contribution in [1.82, 2.24) is 0 Å². The number of aliphatic hydroxyl groups is 7. The molecule has 1 aromatic heterocycles. The monoisotopic (exact) mass is 610 g/mol. The van der Waals surface area contributed by atoms with Gasteiger partial charge < -0.3 is 74.4 Å². The van der Waals surface area contributed by atoms with Crippen molar-refractivity contribution in [3.05, 3.63) is 40.6 Å². The molecule has 3 aromatic rings. The average molecular weight is 611 g/mol. The van der Waals surface area contributed by atoms with E-state index in [9.17, 15) is 55.9 Å². The van der Waals surface area contributed by atoms with Crippen molar-refractivity contribution in [1.29, 1.82) is 0 Å². The van der Waals surface area contributed by atoms with E-state index in [0.29, 0.717) is 6.07 Å². The standard InChI is InChI=1S/C27H30O16/c1-8-15(32)18(35)20(37)26(39-8)43-25-17(34)14-11(30)6-12(31)23(24(14)41-22(25)9-2-4-10(29)5-3-9)42-27-21(38)19(36)16(33)13(7-28)40-27/h2-6,8,13,15-16,18-21,26-33,35-38H,7H2,1H3/t8-,13+,15-,16+,18+,19-,20+,21+,26-,27-/m0/s1. The van der Waals surface area contributed by atoms with Gasteiger partial charge in [-0.2, -0.15) is 0 Å². The molecule has 0 aliphatic carbocycles. The fourth-order valence-corrected chi connectivity index (χ4v) is 4.83. The van der Waals surface area contributed by atoms with Crippen molar-refractivity contribution in [2.24, 2.45) is 0 Å². The molecule has 10 atom stereocenters. The van der Waals surface area contributed by atoms with Gasteiger partial charge in [-0.1, -0.05) is 0 Å². The molecule has 16 nitrogen and oxygen atoms in total. The molecule has 0 bridgehead atoms. The number of hydrogen-bond donors (Lipinski definition) is 10. The minimum Gasteiger partial charge on any atom is -0.508 e. The Labute approximate surface area is 241 Å². The van der Waals surface area contributed by atoms with Gasteiger partial charge in [-0.25, -0.2) is 0 Å². The van der Waals surface area contributed by atoms with E-state index in [0.717, 1.165) is 0 Å². The van der Waals surface area contributed by atoms with E-state index in [1.54, 1.807) is 0 Å². The molecule has 0 spiro atoms. The van der Waals surface area contributed by atoms with E-state index in [1.807, 2.05) is 0 Å². The predicted octanol–water partition coefficient (Wildman–Crippen LogP) is -2.04. The Bertz CT molecular complexity index is 1520. The van der Waals surface area contributed by atoms with Crippen LogP contribution in [0.1, 0.15) is 6.92 Å². The van der Waals surface area contributed by atoms with Crippen molar-refractivity contribution < 1.29 is 74.4 Å². The van der Waals surface area contributed by atoms with Crippen LogP contribution < -0.4 is 14.9 Å². The summed E-state index contributed by atoms with van der Waals surface area (Å²) in [5.41, 5.74) is -1.61. The zero-order valence-electron chi connectivity index (χ0n) is 22.3. The SMILES string of the molecule is C[C@@H]1O[C@@H](Oc2c(-c3ccc(O)cc3)oc3c(O[C@@H]4O[C@H](CO)[C@@H](O)[C@H](O)[C@H]4O)c(O)cc(O)c3c2=O)[C@H](O)[C@H](O)[C@H]1O. The van der Waals surface area contributed by atoms with Crippen LogP contribution >= 0.6 is 0 Å². The van der Waals surface area contributed by atoms with Crippen molar-refractivity contribution >= 4 is 11.0 Å². The molecule has 0 unspecified atom stereocenters. The molecule has 234 valence electrons. The maximum Gasteiger partial charge on any atom is 0.239 e. The zero-order valence-corrected chi connectivity index (χ0v) is 22.3. The highest BCUT2D eigenvalue weighted by atomic mass is 16.7. The number of fused-ring (bicyclic) bond motifs is 1. The average Bonchev–Trinajstić information content (AvgIpc) is 2.97. The molecule has 16 heteroatoms. The minimum absolute atomic E-state index is 0.0901. The molecule has 0 radical (unpaired) electrons. The highest BCUT2D eigenvalue weighted by Gasteiger charge is 2.46. The Morgan fingerprint density at radius 1 is 0.744 bits per heavy atom. The van der Waals surface area contributed by atoms with E-state index in [2.05, 4.69) is 0 Å². The van der Waals surface area contributed by atoms with Crippen LogP contribution in [-0.4, -0.2) is 119 Å². The summed E-state index contributed by atoms with van der Waals surface area (Å²) < 4.78 is 27.9. The van der Waals surface area contributed by atoms with Crippen LogP contribution in [0.15, 0.2) is 39.5 Å². The molecular formula is C27H30O16. The second kappa shape index (κ2) is 11.8.